The Hall–Kier alpha value is -0.905. The third kappa shape index (κ3) is 1.66. The molecule has 0 saturated carbocycles. The molecule has 0 aliphatic carbocycles. The van der Waals surface area contributed by atoms with E-state index in [-0.39, 0.29) is 5.46 Å². The first kappa shape index (κ1) is 9.64. The van der Waals surface area contributed by atoms with Crippen LogP contribution in [0.3, 0.4) is 0 Å². The number of hydrogen-bond acceptors (Lipinski definition) is 3. The Morgan fingerprint density at radius 1 is 1.29 bits per heavy atom. The summed E-state index contributed by atoms with van der Waals surface area (Å²) >= 11 is 0. The van der Waals surface area contributed by atoms with E-state index in [0.717, 1.165) is 24.1 Å². The van der Waals surface area contributed by atoms with E-state index in [1.54, 1.807) is 0 Å². The quantitative estimate of drug-likeness (QED) is 0.511. The third-order valence-corrected chi connectivity index (χ3v) is 2.48. The van der Waals surface area contributed by atoms with E-state index in [0.29, 0.717) is 6.54 Å². The second-order valence-electron chi connectivity index (χ2n) is 3.44. The summed E-state index contributed by atoms with van der Waals surface area (Å²) in [5.74, 6) is -0.541. The van der Waals surface area contributed by atoms with Crippen molar-refractivity contribution >= 4 is 12.6 Å². The summed E-state index contributed by atoms with van der Waals surface area (Å²) in [7, 11) is -1.73. The van der Waals surface area contributed by atoms with Crippen molar-refractivity contribution in [2.24, 2.45) is 0 Å². The highest BCUT2D eigenvalue weighted by Gasteiger charge is 2.20. The third-order valence-electron chi connectivity index (χ3n) is 2.48. The van der Waals surface area contributed by atoms with Gasteiger partial charge in [0, 0.05) is 12.0 Å². The summed E-state index contributed by atoms with van der Waals surface area (Å²) in [5, 5.41) is 20.9. The van der Waals surface area contributed by atoms with Crippen molar-refractivity contribution in [1.82, 2.24) is 5.32 Å². The molecule has 1 aliphatic heterocycles. The minimum absolute atomic E-state index is 0.0487. The standard InChI is InChI=1S/C9H11BFNO2/c11-9-4-6-1-2-12-5-7(6)3-8(9)10(13)14/h3-4,12-14H,1-2,5H2. The van der Waals surface area contributed by atoms with Crippen molar-refractivity contribution in [1.29, 1.82) is 0 Å². The molecule has 0 bridgehead atoms. The van der Waals surface area contributed by atoms with E-state index in [4.69, 9.17) is 10.0 Å². The summed E-state index contributed by atoms with van der Waals surface area (Å²) < 4.78 is 13.3. The lowest BCUT2D eigenvalue weighted by molar-refractivity contribution is 0.422. The van der Waals surface area contributed by atoms with Gasteiger partial charge in [0.15, 0.2) is 0 Å². The first-order valence-corrected chi connectivity index (χ1v) is 4.56. The van der Waals surface area contributed by atoms with Crippen molar-refractivity contribution in [2.45, 2.75) is 13.0 Å². The molecule has 0 amide bonds. The second-order valence-corrected chi connectivity index (χ2v) is 3.44. The van der Waals surface area contributed by atoms with Gasteiger partial charge in [-0.05, 0) is 30.2 Å². The molecule has 14 heavy (non-hydrogen) atoms. The first-order valence-electron chi connectivity index (χ1n) is 4.56. The van der Waals surface area contributed by atoms with Crippen LogP contribution in [0, 0.1) is 5.82 Å². The Morgan fingerprint density at radius 3 is 2.79 bits per heavy atom. The van der Waals surface area contributed by atoms with Crippen LogP contribution in [0.15, 0.2) is 12.1 Å². The summed E-state index contributed by atoms with van der Waals surface area (Å²) in [5.41, 5.74) is 1.85. The fourth-order valence-corrected chi connectivity index (χ4v) is 1.72. The molecule has 1 aromatic rings. The maximum Gasteiger partial charge on any atom is 0.491 e. The van der Waals surface area contributed by atoms with Gasteiger partial charge < -0.3 is 15.4 Å². The highest BCUT2D eigenvalue weighted by Crippen LogP contribution is 2.13. The highest BCUT2D eigenvalue weighted by atomic mass is 19.1. The zero-order valence-electron chi connectivity index (χ0n) is 7.63. The molecule has 1 heterocycles. The number of rotatable bonds is 1. The number of fused-ring (bicyclic) bond motifs is 1. The fourth-order valence-electron chi connectivity index (χ4n) is 1.72. The van der Waals surface area contributed by atoms with Crippen LogP contribution < -0.4 is 10.8 Å². The zero-order chi connectivity index (χ0) is 10.1. The Kier molecular flexibility index (Phi) is 2.54. The predicted octanol–water partition coefficient (Wildman–Crippen LogP) is -0.849. The van der Waals surface area contributed by atoms with Crippen LogP contribution in [0.5, 0.6) is 0 Å². The van der Waals surface area contributed by atoms with Crippen LogP contribution in [0.25, 0.3) is 0 Å². The zero-order valence-corrected chi connectivity index (χ0v) is 7.63. The molecular weight excluding hydrogens is 184 g/mol. The predicted molar refractivity (Wildman–Crippen MR) is 51.6 cm³/mol. The van der Waals surface area contributed by atoms with Crippen LogP contribution >= 0.6 is 0 Å². The van der Waals surface area contributed by atoms with Gasteiger partial charge in [-0.1, -0.05) is 6.07 Å². The Balaban J connectivity index is 2.45. The smallest absolute Gasteiger partial charge is 0.423 e. The molecule has 2 rings (SSSR count). The normalized spacial score (nSPS) is 15.1. The largest absolute Gasteiger partial charge is 0.491 e. The number of benzene rings is 1. The molecule has 0 aromatic heterocycles. The molecule has 74 valence electrons. The van der Waals surface area contributed by atoms with E-state index >= 15 is 0 Å². The van der Waals surface area contributed by atoms with Crippen molar-refractivity contribution in [3.05, 3.63) is 29.1 Å². The lowest BCUT2D eigenvalue weighted by Gasteiger charge is -2.18. The lowest BCUT2D eigenvalue weighted by atomic mass is 9.77. The fraction of sp³-hybridized carbons (Fsp3) is 0.333. The second kappa shape index (κ2) is 3.69. The Bertz CT molecular complexity index is 357. The molecule has 0 fully saturated rings. The Morgan fingerprint density at radius 2 is 2.07 bits per heavy atom. The van der Waals surface area contributed by atoms with Gasteiger partial charge in [-0.25, -0.2) is 4.39 Å². The number of hydrogen-bond donors (Lipinski definition) is 3. The molecule has 1 aliphatic rings. The first-order chi connectivity index (χ1) is 6.68. The summed E-state index contributed by atoms with van der Waals surface area (Å²) in [6.07, 6.45) is 0.786. The molecule has 0 unspecified atom stereocenters. The summed E-state index contributed by atoms with van der Waals surface area (Å²) in [4.78, 5) is 0. The van der Waals surface area contributed by atoms with Gasteiger partial charge in [-0.3, -0.25) is 0 Å². The van der Waals surface area contributed by atoms with Gasteiger partial charge >= 0.3 is 7.12 Å². The topological polar surface area (TPSA) is 52.5 Å². The van der Waals surface area contributed by atoms with Gasteiger partial charge in [-0.15, -0.1) is 0 Å². The van der Waals surface area contributed by atoms with Gasteiger partial charge in [0.2, 0.25) is 0 Å². The molecule has 0 saturated heterocycles. The average molecular weight is 195 g/mol. The molecule has 3 N–H and O–H groups in total. The lowest BCUT2D eigenvalue weighted by Crippen LogP contribution is -2.35. The molecular formula is C9H11BFNO2. The van der Waals surface area contributed by atoms with Crippen LogP contribution in [-0.4, -0.2) is 23.7 Å². The van der Waals surface area contributed by atoms with Gasteiger partial charge in [0.05, 0.1) is 0 Å². The molecule has 5 heteroatoms. The van der Waals surface area contributed by atoms with Crippen LogP contribution in [0.1, 0.15) is 11.1 Å². The van der Waals surface area contributed by atoms with Crippen molar-refractivity contribution in [3.8, 4) is 0 Å². The molecule has 0 atom stereocenters. The van der Waals surface area contributed by atoms with E-state index in [1.165, 1.54) is 12.1 Å². The molecule has 3 nitrogen and oxygen atoms in total. The van der Waals surface area contributed by atoms with Crippen LogP contribution in [0.4, 0.5) is 4.39 Å². The minimum Gasteiger partial charge on any atom is -0.423 e. The van der Waals surface area contributed by atoms with Gasteiger partial charge in [0.1, 0.15) is 5.82 Å². The van der Waals surface area contributed by atoms with Crippen molar-refractivity contribution < 1.29 is 14.4 Å². The molecule has 0 radical (unpaired) electrons. The summed E-state index contributed by atoms with van der Waals surface area (Å²) in [6, 6.07) is 2.91. The highest BCUT2D eigenvalue weighted by molar-refractivity contribution is 6.58. The monoisotopic (exact) mass is 195 g/mol. The van der Waals surface area contributed by atoms with E-state index < -0.39 is 12.9 Å². The average Bonchev–Trinajstić information content (AvgIpc) is 2.16. The van der Waals surface area contributed by atoms with E-state index in [1.807, 2.05) is 0 Å². The maximum absolute atomic E-state index is 13.3. The summed E-state index contributed by atoms with van der Waals surface area (Å²) in [6.45, 7) is 1.50. The van der Waals surface area contributed by atoms with E-state index in [9.17, 15) is 4.39 Å². The maximum atomic E-state index is 13.3. The van der Waals surface area contributed by atoms with Gasteiger partial charge in [0.25, 0.3) is 0 Å². The van der Waals surface area contributed by atoms with Gasteiger partial charge in [-0.2, -0.15) is 0 Å². The number of halogens is 1. The molecule has 0 spiro atoms. The van der Waals surface area contributed by atoms with Crippen LogP contribution in [-0.2, 0) is 13.0 Å². The van der Waals surface area contributed by atoms with Crippen molar-refractivity contribution in [3.63, 3.8) is 0 Å². The van der Waals surface area contributed by atoms with E-state index in [2.05, 4.69) is 5.32 Å². The molecule has 1 aromatic carbocycles. The Labute approximate surface area is 81.7 Å². The van der Waals surface area contributed by atoms with Crippen LogP contribution in [0.2, 0.25) is 0 Å². The van der Waals surface area contributed by atoms with Crippen molar-refractivity contribution in [2.75, 3.05) is 6.54 Å². The number of nitrogens with one attached hydrogen (secondary N) is 1. The SMILES string of the molecule is OB(O)c1cc2c(cc1F)CCNC2. The minimum atomic E-state index is -1.73.